The lowest BCUT2D eigenvalue weighted by Gasteiger charge is -2.21. The Kier molecular flexibility index (Phi) is 7.24. The van der Waals surface area contributed by atoms with Gasteiger partial charge in [-0.3, -0.25) is 0 Å². The second-order valence-corrected chi connectivity index (χ2v) is 6.91. The first-order valence-electron chi connectivity index (χ1n) is 8.33. The molecule has 0 aromatic heterocycles. The molecule has 0 bridgehead atoms. The summed E-state index contributed by atoms with van der Waals surface area (Å²) in [6.45, 7) is 17.2. The Morgan fingerprint density at radius 1 is 0.905 bits per heavy atom. The Bertz CT molecular complexity index is 397. The molecule has 0 fully saturated rings. The Balaban J connectivity index is 2.72. The largest absolute Gasteiger partial charge is 0.492 e. The molecule has 0 heterocycles. The Labute approximate surface area is 131 Å². The predicted octanol–water partition coefficient (Wildman–Crippen LogP) is 4.95. The van der Waals surface area contributed by atoms with Gasteiger partial charge in [-0.1, -0.05) is 59.7 Å². The average molecular weight is 291 g/mol. The van der Waals surface area contributed by atoms with Crippen LogP contribution in [0.1, 0.15) is 71.4 Å². The van der Waals surface area contributed by atoms with E-state index >= 15 is 0 Å². The molecule has 1 unspecified atom stereocenters. The van der Waals surface area contributed by atoms with Crippen molar-refractivity contribution in [1.29, 1.82) is 0 Å². The molecule has 1 rings (SSSR count). The summed E-state index contributed by atoms with van der Waals surface area (Å²) in [5, 5.41) is 3.52. The Morgan fingerprint density at radius 2 is 1.43 bits per heavy atom. The first kappa shape index (κ1) is 18.0. The average Bonchev–Trinajstić information content (AvgIpc) is 2.42. The number of benzene rings is 1. The third-order valence-corrected chi connectivity index (χ3v) is 4.13. The van der Waals surface area contributed by atoms with E-state index in [9.17, 15) is 0 Å². The predicted molar refractivity (Wildman–Crippen MR) is 92.4 cm³/mol. The van der Waals surface area contributed by atoms with Crippen molar-refractivity contribution < 1.29 is 4.74 Å². The maximum absolute atomic E-state index is 6.16. The van der Waals surface area contributed by atoms with Crippen molar-refractivity contribution in [2.45, 2.75) is 66.3 Å². The molecule has 0 saturated heterocycles. The molecule has 0 spiro atoms. The standard InChI is InChI=1S/C19H33NO/c1-13(2)16(7)20-11-12-21-19-17(14(3)4)9-8-10-18(19)15(5)6/h8-10,13-16,20H,11-12H2,1-7H3. The summed E-state index contributed by atoms with van der Waals surface area (Å²) < 4.78 is 6.16. The van der Waals surface area contributed by atoms with E-state index in [1.54, 1.807) is 0 Å². The second kappa shape index (κ2) is 8.43. The molecule has 120 valence electrons. The van der Waals surface area contributed by atoms with E-state index in [0.29, 0.717) is 23.8 Å². The fourth-order valence-corrected chi connectivity index (χ4v) is 2.32. The van der Waals surface area contributed by atoms with E-state index in [1.165, 1.54) is 11.1 Å². The zero-order chi connectivity index (χ0) is 16.0. The zero-order valence-electron chi connectivity index (χ0n) is 14.9. The maximum atomic E-state index is 6.16. The van der Waals surface area contributed by atoms with E-state index in [2.05, 4.69) is 72.0 Å². The molecule has 0 saturated carbocycles. The van der Waals surface area contributed by atoms with Crippen LogP contribution < -0.4 is 10.1 Å². The van der Waals surface area contributed by atoms with Gasteiger partial charge in [0.15, 0.2) is 0 Å². The molecule has 0 aliphatic heterocycles. The Hall–Kier alpha value is -1.02. The van der Waals surface area contributed by atoms with E-state index in [0.717, 1.165) is 18.9 Å². The minimum Gasteiger partial charge on any atom is -0.492 e. The van der Waals surface area contributed by atoms with Crippen LogP contribution in [0.3, 0.4) is 0 Å². The number of rotatable bonds is 8. The van der Waals surface area contributed by atoms with Gasteiger partial charge in [0, 0.05) is 12.6 Å². The summed E-state index contributed by atoms with van der Waals surface area (Å²) in [4.78, 5) is 0. The number of hydrogen-bond acceptors (Lipinski definition) is 2. The molecule has 1 aromatic rings. The van der Waals surface area contributed by atoms with E-state index in [-0.39, 0.29) is 0 Å². The first-order valence-corrected chi connectivity index (χ1v) is 8.33. The molecule has 1 aromatic carbocycles. The van der Waals surface area contributed by atoms with Crippen molar-refractivity contribution in [2.75, 3.05) is 13.2 Å². The van der Waals surface area contributed by atoms with Crippen LogP contribution in [0.15, 0.2) is 18.2 Å². The van der Waals surface area contributed by atoms with Gasteiger partial charge < -0.3 is 10.1 Å². The minimum absolute atomic E-state index is 0.487. The number of para-hydroxylation sites is 1. The highest BCUT2D eigenvalue weighted by Gasteiger charge is 2.15. The van der Waals surface area contributed by atoms with Crippen molar-refractivity contribution in [3.8, 4) is 5.75 Å². The van der Waals surface area contributed by atoms with E-state index in [1.807, 2.05) is 0 Å². The van der Waals surface area contributed by atoms with Crippen molar-refractivity contribution >= 4 is 0 Å². The van der Waals surface area contributed by atoms with Gasteiger partial charge >= 0.3 is 0 Å². The normalized spacial score (nSPS) is 13.2. The summed E-state index contributed by atoms with van der Waals surface area (Å²) in [7, 11) is 0. The van der Waals surface area contributed by atoms with Crippen LogP contribution in [0.4, 0.5) is 0 Å². The van der Waals surface area contributed by atoms with Crippen molar-refractivity contribution in [1.82, 2.24) is 5.32 Å². The molecule has 2 heteroatoms. The summed E-state index contributed by atoms with van der Waals surface area (Å²) in [6, 6.07) is 7.06. The smallest absolute Gasteiger partial charge is 0.126 e. The summed E-state index contributed by atoms with van der Waals surface area (Å²) in [5.74, 6) is 2.73. The lowest BCUT2D eigenvalue weighted by molar-refractivity contribution is 0.290. The van der Waals surface area contributed by atoms with Crippen LogP contribution in [0.5, 0.6) is 5.75 Å². The van der Waals surface area contributed by atoms with Gasteiger partial charge in [-0.05, 0) is 35.8 Å². The zero-order valence-corrected chi connectivity index (χ0v) is 14.9. The quantitative estimate of drug-likeness (QED) is 0.684. The van der Waals surface area contributed by atoms with Gasteiger partial charge in [-0.2, -0.15) is 0 Å². The minimum atomic E-state index is 0.487. The van der Waals surface area contributed by atoms with Gasteiger partial charge in [-0.15, -0.1) is 0 Å². The lowest BCUT2D eigenvalue weighted by atomic mass is 9.94. The second-order valence-electron chi connectivity index (χ2n) is 6.91. The van der Waals surface area contributed by atoms with Gasteiger partial charge in [-0.25, -0.2) is 0 Å². The molecule has 1 N–H and O–H groups in total. The monoisotopic (exact) mass is 291 g/mol. The number of nitrogens with one attached hydrogen (secondary N) is 1. The highest BCUT2D eigenvalue weighted by Crippen LogP contribution is 2.34. The van der Waals surface area contributed by atoms with Gasteiger partial charge in [0.25, 0.3) is 0 Å². The van der Waals surface area contributed by atoms with Crippen molar-refractivity contribution in [3.05, 3.63) is 29.3 Å². The van der Waals surface area contributed by atoms with Gasteiger partial charge in [0.1, 0.15) is 12.4 Å². The van der Waals surface area contributed by atoms with Gasteiger partial charge in [0.2, 0.25) is 0 Å². The fourth-order valence-electron chi connectivity index (χ4n) is 2.32. The number of hydrogen-bond donors (Lipinski definition) is 1. The molecule has 0 radical (unpaired) electrons. The maximum Gasteiger partial charge on any atom is 0.126 e. The fraction of sp³-hybridized carbons (Fsp3) is 0.684. The first-order chi connectivity index (χ1) is 9.84. The molecule has 0 aliphatic rings. The highest BCUT2D eigenvalue weighted by molar-refractivity contribution is 5.44. The van der Waals surface area contributed by atoms with Crippen LogP contribution in [0.25, 0.3) is 0 Å². The molecular weight excluding hydrogens is 258 g/mol. The van der Waals surface area contributed by atoms with E-state index < -0.39 is 0 Å². The Morgan fingerprint density at radius 3 is 1.86 bits per heavy atom. The highest BCUT2D eigenvalue weighted by atomic mass is 16.5. The summed E-state index contributed by atoms with van der Waals surface area (Å²) in [6.07, 6.45) is 0. The molecule has 1 atom stereocenters. The third-order valence-electron chi connectivity index (χ3n) is 4.13. The lowest BCUT2D eigenvalue weighted by Crippen LogP contribution is -2.34. The van der Waals surface area contributed by atoms with Crippen LogP contribution in [-0.4, -0.2) is 19.2 Å². The topological polar surface area (TPSA) is 21.3 Å². The van der Waals surface area contributed by atoms with Crippen LogP contribution >= 0.6 is 0 Å². The molecule has 0 aliphatic carbocycles. The van der Waals surface area contributed by atoms with Crippen LogP contribution in [0.2, 0.25) is 0 Å². The van der Waals surface area contributed by atoms with Gasteiger partial charge in [0.05, 0.1) is 0 Å². The molecule has 0 amide bonds. The SMILES string of the molecule is CC(C)c1cccc(C(C)C)c1OCCNC(C)C(C)C. The van der Waals surface area contributed by atoms with Crippen molar-refractivity contribution in [3.63, 3.8) is 0 Å². The van der Waals surface area contributed by atoms with Crippen LogP contribution in [-0.2, 0) is 0 Å². The summed E-state index contributed by atoms with van der Waals surface area (Å²) in [5.41, 5.74) is 2.64. The summed E-state index contributed by atoms with van der Waals surface area (Å²) >= 11 is 0. The molecule has 21 heavy (non-hydrogen) atoms. The van der Waals surface area contributed by atoms with Crippen LogP contribution in [0, 0.1) is 5.92 Å². The molecular formula is C19H33NO. The number of ether oxygens (including phenoxy) is 1. The van der Waals surface area contributed by atoms with Crippen molar-refractivity contribution in [2.24, 2.45) is 5.92 Å². The van der Waals surface area contributed by atoms with E-state index in [4.69, 9.17) is 4.74 Å². The molecule has 2 nitrogen and oxygen atoms in total. The third kappa shape index (κ3) is 5.35.